The van der Waals surface area contributed by atoms with Crippen LogP contribution in [0.15, 0.2) is 34.4 Å². The number of imidazole rings is 1. The number of hydrogen-bond acceptors (Lipinski definition) is 4. The maximum Gasteiger partial charge on any atom is 0.356 e. The highest BCUT2D eigenvalue weighted by atomic mass is 79.9. The van der Waals surface area contributed by atoms with Gasteiger partial charge in [0.25, 0.3) is 0 Å². The van der Waals surface area contributed by atoms with Gasteiger partial charge < -0.3 is 5.11 Å². The van der Waals surface area contributed by atoms with Crippen LogP contribution in [0.4, 0.5) is 0 Å². The van der Waals surface area contributed by atoms with Crippen molar-refractivity contribution in [3.05, 3.63) is 40.1 Å². The number of halogens is 1. The molecule has 0 radical (unpaired) electrons. The van der Waals surface area contributed by atoms with Gasteiger partial charge in [0.1, 0.15) is 0 Å². The molecule has 0 fully saturated rings. The van der Waals surface area contributed by atoms with Crippen molar-refractivity contribution in [2.24, 2.45) is 0 Å². The number of aromatic carboxylic acids is 1. The Balaban J connectivity index is 2.26. The highest BCUT2D eigenvalue weighted by molar-refractivity contribution is 9.11. The fraction of sp³-hybridized carbons (Fsp3) is 0. The number of hydrogen-bond donors (Lipinski definition) is 1. The number of fused-ring (bicyclic) bond motifs is 1. The Labute approximate surface area is 114 Å². The molecular weight excluding hydrogens is 318 g/mol. The van der Waals surface area contributed by atoms with E-state index in [1.165, 1.54) is 6.20 Å². The molecule has 0 aliphatic carbocycles. The molecule has 5 nitrogen and oxygen atoms in total. The Kier molecular flexibility index (Phi) is 2.64. The van der Waals surface area contributed by atoms with Crippen LogP contribution in [0.1, 0.15) is 10.5 Å². The van der Waals surface area contributed by atoms with Gasteiger partial charge in [-0.3, -0.25) is 4.40 Å². The van der Waals surface area contributed by atoms with Gasteiger partial charge in [-0.2, -0.15) is 0 Å². The predicted octanol–water partition coefficient (Wildman–Crippen LogP) is 2.92. The van der Waals surface area contributed by atoms with Gasteiger partial charge in [-0.15, -0.1) is 11.3 Å². The summed E-state index contributed by atoms with van der Waals surface area (Å²) in [5.74, 6) is -0.673. The van der Waals surface area contributed by atoms with Gasteiger partial charge in [0.05, 0.1) is 14.4 Å². The van der Waals surface area contributed by atoms with Crippen molar-refractivity contribution in [3.8, 4) is 10.6 Å². The largest absolute Gasteiger partial charge is 0.476 e. The minimum atomic E-state index is -1.06. The molecule has 0 aromatic carbocycles. The van der Waals surface area contributed by atoms with E-state index in [-0.39, 0.29) is 5.69 Å². The van der Waals surface area contributed by atoms with Gasteiger partial charge in [-0.05, 0) is 34.1 Å². The minimum Gasteiger partial charge on any atom is -0.476 e. The summed E-state index contributed by atoms with van der Waals surface area (Å²) in [5.41, 5.74) is 0.862. The number of carbonyl (C=O) groups is 1. The summed E-state index contributed by atoms with van der Waals surface area (Å²) in [7, 11) is 0. The number of aromatic nitrogens is 3. The van der Waals surface area contributed by atoms with E-state index in [9.17, 15) is 4.79 Å². The second kappa shape index (κ2) is 4.18. The topological polar surface area (TPSA) is 67.5 Å². The summed E-state index contributed by atoms with van der Waals surface area (Å²) in [5, 5.41) is 8.94. The smallest absolute Gasteiger partial charge is 0.356 e. The van der Waals surface area contributed by atoms with Crippen molar-refractivity contribution in [3.63, 3.8) is 0 Å². The fourth-order valence-corrected chi connectivity index (χ4v) is 3.06. The lowest BCUT2D eigenvalue weighted by Gasteiger charge is -2.00. The van der Waals surface area contributed by atoms with Gasteiger partial charge in [0, 0.05) is 12.4 Å². The zero-order valence-electron chi connectivity index (χ0n) is 8.87. The molecular formula is C11H6BrN3O2S. The molecule has 3 aromatic heterocycles. The van der Waals surface area contributed by atoms with Crippen LogP contribution in [0.3, 0.4) is 0 Å². The highest BCUT2D eigenvalue weighted by Crippen LogP contribution is 2.31. The summed E-state index contributed by atoms with van der Waals surface area (Å²) in [4.78, 5) is 19.9. The first kappa shape index (κ1) is 11.4. The SMILES string of the molecule is O=C(O)c1cn2c(-c3ccc(Br)s3)ccnc2n1. The molecule has 7 heteroatoms. The zero-order chi connectivity index (χ0) is 12.7. The quantitative estimate of drug-likeness (QED) is 0.787. The van der Waals surface area contributed by atoms with Crippen LogP contribution in [0.25, 0.3) is 16.3 Å². The number of carboxylic acids is 1. The third-order valence-electron chi connectivity index (χ3n) is 2.41. The van der Waals surface area contributed by atoms with Crippen molar-refractivity contribution < 1.29 is 9.90 Å². The molecule has 3 rings (SSSR count). The average molecular weight is 324 g/mol. The molecule has 0 amide bonds. The number of thiophene rings is 1. The molecule has 90 valence electrons. The summed E-state index contributed by atoms with van der Waals surface area (Å²) < 4.78 is 2.70. The van der Waals surface area contributed by atoms with Gasteiger partial charge in [0.2, 0.25) is 5.78 Å². The normalized spacial score (nSPS) is 10.9. The van der Waals surface area contributed by atoms with Crippen molar-refractivity contribution in [1.82, 2.24) is 14.4 Å². The molecule has 0 aliphatic heterocycles. The van der Waals surface area contributed by atoms with Crippen LogP contribution in [0, 0.1) is 0 Å². The fourth-order valence-electron chi connectivity index (χ4n) is 1.65. The van der Waals surface area contributed by atoms with Crippen LogP contribution >= 0.6 is 27.3 Å². The van der Waals surface area contributed by atoms with E-state index in [4.69, 9.17) is 5.11 Å². The molecule has 0 unspecified atom stereocenters. The second-order valence-corrected chi connectivity index (χ2v) is 6.00. The van der Waals surface area contributed by atoms with E-state index < -0.39 is 5.97 Å². The first-order chi connectivity index (χ1) is 8.65. The molecule has 3 heterocycles. The zero-order valence-corrected chi connectivity index (χ0v) is 11.3. The molecule has 0 bridgehead atoms. The summed E-state index contributed by atoms with van der Waals surface area (Å²) in [6.07, 6.45) is 3.10. The Bertz CT molecular complexity index is 750. The van der Waals surface area contributed by atoms with Crippen LogP contribution in [0.5, 0.6) is 0 Å². The standard InChI is InChI=1S/C11H6BrN3O2S/c12-9-2-1-8(18-9)7-3-4-13-11-14-6(10(16)17)5-15(7)11/h1-5H,(H,16,17). The van der Waals surface area contributed by atoms with Crippen LogP contribution in [0.2, 0.25) is 0 Å². The molecule has 18 heavy (non-hydrogen) atoms. The lowest BCUT2D eigenvalue weighted by Crippen LogP contribution is -1.95. The number of carboxylic acid groups (broad SMARTS) is 1. The van der Waals surface area contributed by atoms with Gasteiger partial charge in [0.15, 0.2) is 5.69 Å². The summed E-state index contributed by atoms with van der Waals surface area (Å²) >= 11 is 4.97. The second-order valence-electron chi connectivity index (χ2n) is 3.54. The van der Waals surface area contributed by atoms with E-state index in [0.29, 0.717) is 5.78 Å². The van der Waals surface area contributed by atoms with Crippen molar-refractivity contribution in [2.75, 3.05) is 0 Å². The minimum absolute atomic E-state index is 0.00873. The van der Waals surface area contributed by atoms with Gasteiger partial charge in [-0.1, -0.05) is 0 Å². The lowest BCUT2D eigenvalue weighted by molar-refractivity contribution is 0.0691. The van der Waals surface area contributed by atoms with E-state index >= 15 is 0 Å². The Morgan fingerprint density at radius 2 is 2.22 bits per heavy atom. The molecule has 3 aromatic rings. The maximum absolute atomic E-state index is 10.9. The van der Waals surface area contributed by atoms with Gasteiger partial charge in [-0.25, -0.2) is 14.8 Å². The summed E-state index contributed by atoms with van der Waals surface area (Å²) in [6, 6.07) is 5.74. The monoisotopic (exact) mass is 323 g/mol. The maximum atomic E-state index is 10.9. The first-order valence-electron chi connectivity index (χ1n) is 4.98. The highest BCUT2D eigenvalue weighted by Gasteiger charge is 2.13. The molecule has 0 saturated carbocycles. The number of nitrogens with zero attached hydrogens (tertiary/aromatic N) is 3. The molecule has 0 aliphatic rings. The summed E-state index contributed by atoms with van der Waals surface area (Å²) in [6.45, 7) is 0. The van der Waals surface area contributed by atoms with E-state index in [1.54, 1.807) is 21.9 Å². The average Bonchev–Trinajstić information content (AvgIpc) is 2.94. The molecule has 1 N–H and O–H groups in total. The Hall–Kier alpha value is -1.73. The Morgan fingerprint density at radius 1 is 1.39 bits per heavy atom. The van der Waals surface area contributed by atoms with E-state index in [1.807, 2.05) is 18.2 Å². The van der Waals surface area contributed by atoms with Crippen LogP contribution < -0.4 is 0 Å². The van der Waals surface area contributed by atoms with Crippen LogP contribution in [-0.4, -0.2) is 25.4 Å². The number of rotatable bonds is 2. The first-order valence-corrected chi connectivity index (χ1v) is 6.59. The van der Waals surface area contributed by atoms with E-state index in [2.05, 4.69) is 25.9 Å². The van der Waals surface area contributed by atoms with Gasteiger partial charge >= 0.3 is 5.97 Å². The third-order valence-corrected chi connectivity index (χ3v) is 4.06. The molecule has 0 spiro atoms. The predicted molar refractivity (Wildman–Crippen MR) is 71.0 cm³/mol. The Morgan fingerprint density at radius 3 is 2.89 bits per heavy atom. The van der Waals surface area contributed by atoms with E-state index in [0.717, 1.165) is 14.4 Å². The molecule has 0 saturated heterocycles. The lowest BCUT2D eigenvalue weighted by atomic mass is 10.3. The van der Waals surface area contributed by atoms with Crippen molar-refractivity contribution in [2.45, 2.75) is 0 Å². The van der Waals surface area contributed by atoms with Crippen molar-refractivity contribution >= 4 is 39.0 Å². The third kappa shape index (κ3) is 1.81. The van der Waals surface area contributed by atoms with Crippen molar-refractivity contribution in [1.29, 1.82) is 0 Å². The van der Waals surface area contributed by atoms with Crippen LogP contribution in [-0.2, 0) is 0 Å². The molecule has 0 atom stereocenters.